The Morgan fingerprint density at radius 2 is 1.97 bits per heavy atom. The summed E-state index contributed by atoms with van der Waals surface area (Å²) in [4.78, 5) is 32.3. The predicted octanol–water partition coefficient (Wildman–Crippen LogP) is 3.80. The molecule has 1 atom stereocenters. The molecule has 0 bridgehead atoms. The van der Waals surface area contributed by atoms with E-state index in [2.05, 4.69) is 11.6 Å². The number of aryl methyl sites for hydroxylation is 1. The van der Waals surface area contributed by atoms with Crippen molar-refractivity contribution in [2.45, 2.75) is 31.8 Å². The van der Waals surface area contributed by atoms with Crippen LogP contribution in [0.3, 0.4) is 0 Å². The summed E-state index contributed by atoms with van der Waals surface area (Å²) in [6, 6.07) is 1.92. The number of carbonyl (C=O) groups excluding carboxylic acids is 2. The molecule has 180 valence electrons. The van der Waals surface area contributed by atoms with Crippen LogP contribution in [0.5, 0.6) is 11.5 Å². The summed E-state index contributed by atoms with van der Waals surface area (Å²) in [6.07, 6.45) is 4.01. The van der Waals surface area contributed by atoms with Crippen LogP contribution in [0.2, 0.25) is 0 Å². The van der Waals surface area contributed by atoms with E-state index < -0.39 is 23.4 Å². The van der Waals surface area contributed by atoms with Crippen molar-refractivity contribution in [3.05, 3.63) is 53.9 Å². The summed E-state index contributed by atoms with van der Waals surface area (Å²) in [7, 11) is 2.50. The molecule has 2 aliphatic heterocycles. The number of allylic oxidation sites excluding steroid dienone is 1. The number of methoxy groups -OCH3 is 2. The number of rotatable bonds is 8. The molecule has 34 heavy (non-hydrogen) atoms. The van der Waals surface area contributed by atoms with Crippen LogP contribution in [-0.4, -0.2) is 50.3 Å². The molecular formula is C24H25F2N3O5. The molecule has 2 aliphatic rings. The zero-order valence-electron chi connectivity index (χ0n) is 19.0. The van der Waals surface area contributed by atoms with Crippen LogP contribution in [0.1, 0.15) is 24.1 Å². The monoisotopic (exact) mass is 473 g/mol. The molecule has 2 aromatic rings. The van der Waals surface area contributed by atoms with Crippen molar-refractivity contribution in [1.82, 2.24) is 4.98 Å². The fourth-order valence-electron chi connectivity index (χ4n) is 4.18. The quantitative estimate of drug-likeness (QED) is 0.543. The molecule has 1 aromatic heterocycles. The number of anilines is 2. The standard InChI is InChI=1S/C24H25F2N3O5/c1-4-17(30)6-5-15-9-18-14(11-27-15)12-28(24(31)29(18)16-7-8-34-13-16)23-21(25)19(32-2)10-20(33-3)22(23)26/h4,9-11,16H,1,5-8,12-13H2,2-3H3/t16-/m0/s1. The van der Waals surface area contributed by atoms with Crippen molar-refractivity contribution in [1.29, 1.82) is 0 Å². The first-order chi connectivity index (χ1) is 16.4. The maximum absolute atomic E-state index is 15.2. The highest BCUT2D eigenvalue weighted by Gasteiger charge is 2.40. The SMILES string of the molecule is C=CC(=O)CCc1cc2c(cn1)CN(c1c(F)c(OC)cc(OC)c1F)C(=O)N2[C@H]1CCOC1. The molecule has 2 amide bonds. The van der Waals surface area contributed by atoms with Gasteiger partial charge in [0.15, 0.2) is 28.9 Å². The maximum Gasteiger partial charge on any atom is 0.329 e. The van der Waals surface area contributed by atoms with Crippen molar-refractivity contribution in [3.8, 4) is 11.5 Å². The number of halogens is 2. The molecule has 0 N–H and O–H groups in total. The number of urea groups is 1. The second kappa shape index (κ2) is 9.76. The fourth-order valence-corrected chi connectivity index (χ4v) is 4.18. The van der Waals surface area contributed by atoms with E-state index in [0.29, 0.717) is 36.4 Å². The highest BCUT2D eigenvalue weighted by Crippen LogP contribution is 2.41. The van der Waals surface area contributed by atoms with Crippen molar-refractivity contribution < 1.29 is 32.6 Å². The third-order valence-electron chi connectivity index (χ3n) is 5.99. The zero-order chi connectivity index (χ0) is 24.4. The van der Waals surface area contributed by atoms with Gasteiger partial charge in [0, 0.05) is 36.5 Å². The Morgan fingerprint density at radius 1 is 1.26 bits per heavy atom. The number of amides is 2. The number of benzene rings is 1. The van der Waals surface area contributed by atoms with Gasteiger partial charge in [0.25, 0.3) is 0 Å². The number of ether oxygens (including phenoxy) is 3. The lowest BCUT2D eigenvalue weighted by Crippen LogP contribution is -2.52. The molecule has 1 fully saturated rings. The minimum absolute atomic E-state index is 0.110. The van der Waals surface area contributed by atoms with E-state index in [-0.39, 0.29) is 42.9 Å². The highest BCUT2D eigenvalue weighted by atomic mass is 19.1. The molecule has 0 saturated carbocycles. The summed E-state index contributed by atoms with van der Waals surface area (Å²) in [5.74, 6) is -2.62. The lowest BCUT2D eigenvalue weighted by atomic mass is 10.0. The molecule has 10 heteroatoms. The first-order valence-corrected chi connectivity index (χ1v) is 10.8. The molecule has 3 heterocycles. The van der Waals surface area contributed by atoms with Gasteiger partial charge in [-0.3, -0.25) is 19.6 Å². The Bertz CT molecular complexity index is 1110. The van der Waals surface area contributed by atoms with Crippen molar-refractivity contribution in [2.75, 3.05) is 37.2 Å². The molecule has 8 nitrogen and oxygen atoms in total. The summed E-state index contributed by atoms with van der Waals surface area (Å²) < 4.78 is 46.1. The van der Waals surface area contributed by atoms with Gasteiger partial charge >= 0.3 is 6.03 Å². The lowest BCUT2D eigenvalue weighted by Gasteiger charge is -2.40. The minimum Gasteiger partial charge on any atom is -0.493 e. The second-order valence-electron chi connectivity index (χ2n) is 7.99. The normalized spacial score (nSPS) is 17.5. The van der Waals surface area contributed by atoms with Crippen LogP contribution in [0.25, 0.3) is 0 Å². The molecule has 0 spiro atoms. The van der Waals surface area contributed by atoms with Crippen LogP contribution in [-0.2, 0) is 22.5 Å². The van der Waals surface area contributed by atoms with E-state index in [1.165, 1.54) is 25.2 Å². The molecule has 1 saturated heterocycles. The van der Waals surface area contributed by atoms with E-state index in [4.69, 9.17) is 14.2 Å². The van der Waals surface area contributed by atoms with Crippen LogP contribution in [0.15, 0.2) is 31.0 Å². The van der Waals surface area contributed by atoms with Gasteiger partial charge in [-0.2, -0.15) is 0 Å². The Labute approximate surface area is 195 Å². The van der Waals surface area contributed by atoms with Crippen LogP contribution in [0, 0.1) is 11.6 Å². The number of pyridine rings is 1. The number of nitrogens with zero attached hydrogens (tertiary/aromatic N) is 3. The van der Waals surface area contributed by atoms with Gasteiger partial charge in [0.1, 0.15) is 5.69 Å². The lowest BCUT2D eigenvalue weighted by molar-refractivity contribution is -0.114. The van der Waals surface area contributed by atoms with Gasteiger partial charge in [0.2, 0.25) is 0 Å². The van der Waals surface area contributed by atoms with Crippen LogP contribution >= 0.6 is 0 Å². The van der Waals surface area contributed by atoms with Gasteiger partial charge in [-0.05, 0) is 25.0 Å². The largest absolute Gasteiger partial charge is 0.493 e. The fraction of sp³-hybridized carbons (Fsp3) is 0.375. The number of hydrogen-bond donors (Lipinski definition) is 0. The van der Waals surface area contributed by atoms with Crippen LogP contribution in [0.4, 0.5) is 25.0 Å². The topological polar surface area (TPSA) is 81.2 Å². The van der Waals surface area contributed by atoms with Gasteiger partial charge < -0.3 is 14.2 Å². The molecule has 0 unspecified atom stereocenters. The Morgan fingerprint density at radius 3 is 2.56 bits per heavy atom. The number of fused-ring (bicyclic) bond motifs is 1. The van der Waals surface area contributed by atoms with E-state index in [9.17, 15) is 9.59 Å². The van der Waals surface area contributed by atoms with Crippen molar-refractivity contribution >= 4 is 23.2 Å². The summed E-state index contributed by atoms with van der Waals surface area (Å²) in [5, 5.41) is 0. The van der Waals surface area contributed by atoms with Crippen molar-refractivity contribution in [3.63, 3.8) is 0 Å². The van der Waals surface area contributed by atoms with Gasteiger partial charge in [-0.25, -0.2) is 13.6 Å². The first kappa shape index (κ1) is 23.6. The Kier molecular flexibility index (Phi) is 6.78. The number of hydrogen-bond acceptors (Lipinski definition) is 6. The summed E-state index contributed by atoms with van der Waals surface area (Å²) in [5.41, 5.74) is 1.25. The van der Waals surface area contributed by atoms with Crippen LogP contribution < -0.4 is 19.3 Å². The Hall–Kier alpha value is -3.53. The summed E-state index contributed by atoms with van der Waals surface area (Å²) >= 11 is 0. The van der Waals surface area contributed by atoms with Gasteiger partial charge in [-0.15, -0.1) is 0 Å². The zero-order valence-corrected chi connectivity index (χ0v) is 19.0. The van der Waals surface area contributed by atoms with E-state index in [1.807, 2.05) is 0 Å². The second-order valence-corrected chi connectivity index (χ2v) is 7.99. The molecule has 1 aromatic carbocycles. The molecule has 4 rings (SSSR count). The summed E-state index contributed by atoms with van der Waals surface area (Å²) in [6.45, 7) is 4.12. The minimum atomic E-state index is -1.01. The van der Waals surface area contributed by atoms with Gasteiger partial charge in [-0.1, -0.05) is 6.58 Å². The van der Waals surface area contributed by atoms with Crippen molar-refractivity contribution in [2.24, 2.45) is 0 Å². The third kappa shape index (κ3) is 4.21. The Balaban J connectivity index is 1.79. The average Bonchev–Trinajstić information content (AvgIpc) is 3.37. The van der Waals surface area contributed by atoms with E-state index in [0.717, 1.165) is 11.0 Å². The van der Waals surface area contributed by atoms with E-state index >= 15 is 8.78 Å². The molecule has 0 radical (unpaired) electrons. The average molecular weight is 473 g/mol. The number of ketones is 1. The van der Waals surface area contributed by atoms with E-state index in [1.54, 1.807) is 12.3 Å². The molecule has 0 aliphatic carbocycles. The predicted molar refractivity (Wildman–Crippen MR) is 121 cm³/mol. The highest BCUT2D eigenvalue weighted by molar-refractivity contribution is 6.07. The number of aromatic nitrogens is 1. The third-order valence-corrected chi connectivity index (χ3v) is 5.99. The smallest absolute Gasteiger partial charge is 0.329 e. The number of carbonyl (C=O) groups is 2. The molecular weight excluding hydrogens is 448 g/mol. The van der Waals surface area contributed by atoms with Gasteiger partial charge in [0.05, 0.1) is 39.1 Å². The first-order valence-electron chi connectivity index (χ1n) is 10.8. The maximum atomic E-state index is 15.2.